The number of hydrogen-bond acceptors (Lipinski definition) is 4. The number of unbranched alkanes of at least 4 members (excludes halogenated alkanes) is 4. The summed E-state index contributed by atoms with van der Waals surface area (Å²) >= 11 is 0. The van der Waals surface area contributed by atoms with Crippen LogP contribution in [0.1, 0.15) is 85.0 Å². The summed E-state index contributed by atoms with van der Waals surface area (Å²) in [5.41, 5.74) is 0. The highest BCUT2D eigenvalue weighted by Gasteiger charge is 2.09. The van der Waals surface area contributed by atoms with Crippen LogP contribution in [-0.2, 0) is 9.59 Å². The van der Waals surface area contributed by atoms with E-state index >= 15 is 0 Å². The van der Waals surface area contributed by atoms with E-state index in [1.165, 1.54) is 0 Å². The minimum atomic E-state index is -0.390. The van der Waals surface area contributed by atoms with Gasteiger partial charge in [0.05, 0.1) is 6.10 Å². The van der Waals surface area contributed by atoms with Gasteiger partial charge in [0, 0.05) is 32.5 Å². The fourth-order valence-corrected chi connectivity index (χ4v) is 3.33. The first-order valence-corrected chi connectivity index (χ1v) is 12.2. The molecule has 0 saturated carbocycles. The highest BCUT2D eigenvalue weighted by Crippen LogP contribution is 2.02. The van der Waals surface area contributed by atoms with Crippen molar-refractivity contribution in [2.75, 3.05) is 32.7 Å². The maximum Gasteiger partial charge on any atom is 0.219 e. The lowest BCUT2D eigenvalue weighted by molar-refractivity contribution is -0.122. The van der Waals surface area contributed by atoms with E-state index in [-0.39, 0.29) is 11.8 Å². The zero-order valence-corrected chi connectivity index (χ0v) is 20.2. The van der Waals surface area contributed by atoms with Crippen molar-refractivity contribution in [3.05, 3.63) is 24.3 Å². The number of nitrogens with zero attached hydrogens (tertiary/aromatic N) is 1. The Morgan fingerprint density at radius 2 is 1.26 bits per heavy atom. The van der Waals surface area contributed by atoms with Crippen LogP contribution in [0.15, 0.2) is 24.3 Å². The average molecular weight is 438 g/mol. The molecule has 6 heteroatoms. The fourth-order valence-electron chi connectivity index (χ4n) is 3.33. The van der Waals surface area contributed by atoms with Crippen LogP contribution in [0.5, 0.6) is 0 Å². The van der Waals surface area contributed by atoms with Crippen molar-refractivity contribution in [2.24, 2.45) is 0 Å². The number of nitrogens with one attached hydrogen (secondary N) is 2. The van der Waals surface area contributed by atoms with E-state index in [1.807, 2.05) is 26.0 Å². The zero-order valence-electron chi connectivity index (χ0n) is 20.2. The Kier molecular flexibility index (Phi) is 20.4. The van der Waals surface area contributed by atoms with Crippen molar-refractivity contribution in [1.82, 2.24) is 15.5 Å². The van der Waals surface area contributed by atoms with Gasteiger partial charge in [-0.1, -0.05) is 24.3 Å². The van der Waals surface area contributed by atoms with Gasteiger partial charge in [0.2, 0.25) is 11.8 Å². The summed E-state index contributed by atoms with van der Waals surface area (Å²) in [5.74, 6) is 0.243. The molecule has 0 aliphatic heterocycles. The van der Waals surface area contributed by atoms with Gasteiger partial charge in [-0.25, -0.2) is 0 Å². The molecule has 1 unspecified atom stereocenters. The van der Waals surface area contributed by atoms with Crippen molar-refractivity contribution in [3.63, 3.8) is 0 Å². The summed E-state index contributed by atoms with van der Waals surface area (Å²) in [5, 5.41) is 15.7. The number of carbonyl (C=O) groups excluding carboxylic acids is 2. The second-order valence-electron chi connectivity index (χ2n) is 8.19. The monoisotopic (exact) mass is 437 g/mol. The predicted molar refractivity (Wildman–Crippen MR) is 130 cm³/mol. The summed E-state index contributed by atoms with van der Waals surface area (Å²) in [6, 6.07) is 0. The number of aliphatic hydroxyl groups is 1. The molecule has 0 radical (unpaired) electrons. The third-order valence-electron chi connectivity index (χ3n) is 4.99. The number of allylic oxidation sites excluding steroid dienone is 4. The number of aliphatic hydroxyl groups excluding tert-OH is 1. The molecule has 0 saturated heterocycles. The van der Waals surface area contributed by atoms with Gasteiger partial charge < -0.3 is 20.6 Å². The van der Waals surface area contributed by atoms with Gasteiger partial charge in [0.25, 0.3) is 0 Å². The molecule has 0 bridgehead atoms. The second kappa shape index (κ2) is 21.6. The lowest BCUT2D eigenvalue weighted by Crippen LogP contribution is -2.36. The van der Waals surface area contributed by atoms with Crippen LogP contribution < -0.4 is 10.6 Å². The topological polar surface area (TPSA) is 81.7 Å². The smallest absolute Gasteiger partial charge is 0.219 e. The average Bonchev–Trinajstić information content (AvgIpc) is 2.73. The van der Waals surface area contributed by atoms with Gasteiger partial charge in [-0.2, -0.15) is 0 Å². The number of hydrogen-bond donors (Lipinski definition) is 3. The van der Waals surface area contributed by atoms with Crippen molar-refractivity contribution in [3.8, 4) is 0 Å². The fraction of sp³-hybridized carbons (Fsp3) is 0.760. The highest BCUT2D eigenvalue weighted by molar-refractivity contribution is 5.76. The molecule has 0 aromatic heterocycles. The Morgan fingerprint density at radius 1 is 0.806 bits per heavy atom. The number of rotatable bonds is 20. The first kappa shape index (κ1) is 29.3. The molecule has 6 nitrogen and oxygen atoms in total. The molecule has 0 spiro atoms. The first-order valence-electron chi connectivity index (χ1n) is 12.2. The Hall–Kier alpha value is -1.66. The number of amides is 2. The van der Waals surface area contributed by atoms with Gasteiger partial charge in [-0.15, -0.1) is 0 Å². The van der Waals surface area contributed by atoms with Crippen molar-refractivity contribution in [1.29, 1.82) is 0 Å². The summed E-state index contributed by atoms with van der Waals surface area (Å²) < 4.78 is 0. The lowest BCUT2D eigenvalue weighted by atomic mass is 10.2. The van der Waals surface area contributed by atoms with Crippen LogP contribution in [0.25, 0.3) is 0 Å². The molecule has 0 heterocycles. The molecular weight excluding hydrogens is 390 g/mol. The Balaban J connectivity index is 3.88. The molecule has 1 atom stereocenters. The predicted octanol–water partition coefficient (Wildman–Crippen LogP) is 3.95. The van der Waals surface area contributed by atoms with E-state index in [4.69, 9.17) is 0 Å². The molecule has 2 amide bonds. The van der Waals surface area contributed by atoms with Gasteiger partial charge in [-0.3, -0.25) is 9.59 Å². The highest BCUT2D eigenvalue weighted by atomic mass is 16.3. The summed E-state index contributed by atoms with van der Waals surface area (Å²) in [4.78, 5) is 26.0. The van der Waals surface area contributed by atoms with E-state index < -0.39 is 6.10 Å². The molecular formula is C25H47N3O3. The Labute approximate surface area is 190 Å². The van der Waals surface area contributed by atoms with Crippen molar-refractivity contribution in [2.45, 2.75) is 91.1 Å². The van der Waals surface area contributed by atoms with E-state index in [0.29, 0.717) is 32.5 Å². The maximum atomic E-state index is 11.9. The molecule has 180 valence electrons. The molecule has 0 aliphatic rings. The molecule has 31 heavy (non-hydrogen) atoms. The zero-order chi connectivity index (χ0) is 23.2. The summed E-state index contributed by atoms with van der Waals surface area (Å²) in [6.45, 7) is 9.39. The molecule has 0 aromatic rings. The Morgan fingerprint density at radius 3 is 1.65 bits per heavy atom. The third kappa shape index (κ3) is 21.4. The number of carbonyl (C=O) groups is 2. The minimum Gasteiger partial charge on any atom is -0.392 e. The largest absolute Gasteiger partial charge is 0.392 e. The molecule has 0 aliphatic carbocycles. The van der Waals surface area contributed by atoms with Crippen LogP contribution in [0.4, 0.5) is 0 Å². The molecule has 3 N–H and O–H groups in total. The quantitative estimate of drug-likeness (QED) is 0.199. The van der Waals surface area contributed by atoms with Crippen LogP contribution in [0.2, 0.25) is 0 Å². The third-order valence-corrected chi connectivity index (χ3v) is 4.99. The summed E-state index contributed by atoms with van der Waals surface area (Å²) in [7, 11) is 0. The second-order valence-corrected chi connectivity index (χ2v) is 8.19. The van der Waals surface area contributed by atoms with Crippen LogP contribution in [0.3, 0.4) is 0 Å². The van der Waals surface area contributed by atoms with E-state index in [0.717, 1.165) is 64.5 Å². The molecule has 0 rings (SSSR count). The first-order chi connectivity index (χ1) is 15.0. The van der Waals surface area contributed by atoms with E-state index in [2.05, 4.69) is 27.7 Å². The lowest BCUT2D eigenvalue weighted by Gasteiger charge is -2.23. The maximum absolute atomic E-state index is 11.9. The Bertz CT molecular complexity index is 464. The summed E-state index contributed by atoms with van der Waals surface area (Å²) in [6.07, 6.45) is 16.9. The molecule has 0 fully saturated rings. The normalized spacial score (nSPS) is 12.7. The van der Waals surface area contributed by atoms with Crippen molar-refractivity contribution < 1.29 is 14.7 Å². The van der Waals surface area contributed by atoms with E-state index in [1.54, 1.807) is 6.92 Å². The van der Waals surface area contributed by atoms with Gasteiger partial charge in [0.1, 0.15) is 0 Å². The van der Waals surface area contributed by atoms with Gasteiger partial charge >= 0.3 is 0 Å². The van der Waals surface area contributed by atoms with Crippen LogP contribution in [0, 0.1) is 0 Å². The molecule has 0 aromatic carbocycles. The van der Waals surface area contributed by atoms with Gasteiger partial charge in [-0.05, 0) is 85.2 Å². The van der Waals surface area contributed by atoms with Crippen LogP contribution >= 0.6 is 0 Å². The van der Waals surface area contributed by atoms with E-state index in [9.17, 15) is 14.7 Å². The standard InChI is InChI=1S/C25H47N3O3/c1-4-6-8-10-12-16-24(30)26-18-14-20-28(22-23(3)29)21-15-19-27-25(31)17-13-11-9-7-5-2/h4-7,23,29H,8-22H2,1-3H3,(H,26,30)(H,27,31)/b6-4+,7-5+. The minimum absolute atomic E-state index is 0.121. The van der Waals surface area contributed by atoms with Gasteiger partial charge in [0.15, 0.2) is 0 Å². The van der Waals surface area contributed by atoms with Crippen LogP contribution in [-0.4, -0.2) is 60.6 Å². The van der Waals surface area contributed by atoms with Crippen molar-refractivity contribution >= 4 is 11.8 Å². The SMILES string of the molecule is C/C=C/CCCCC(=O)NCCCN(CCCNC(=O)CCCC/C=C/C)CC(C)O.